The smallest absolute Gasteiger partial charge is 0.189 e. The molecule has 0 bridgehead atoms. The molecule has 0 saturated heterocycles. The Morgan fingerprint density at radius 3 is 1.23 bits per heavy atom. The van der Waals surface area contributed by atoms with Crippen LogP contribution in [-0.2, 0) is 0 Å². The Morgan fingerprint density at radius 2 is 0.854 bits per heavy atom. The predicted molar refractivity (Wildman–Crippen MR) is 215 cm³/mol. The first-order valence-corrected chi connectivity index (χ1v) is 18.5. The van der Waals surface area contributed by atoms with Crippen LogP contribution in [0, 0.1) is 0 Å². The average Bonchev–Trinajstić information content (AvgIpc) is 3.03. The molecule has 1 aromatic rings. The summed E-state index contributed by atoms with van der Waals surface area (Å²) in [6.07, 6.45) is 31.2. The summed E-state index contributed by atoms with van der Waals surface area (Å²) in [7, 11) is 0. The molecule has 0 aliphatic heterocycles. The van der Waals surface area contributed by atoms with Crippen LogP contribution >= 0.6 is 0 Å². The largest absolute Gasteiger partial charge is 0.289 e. The number of hydrogen-bond acceptors (Lipinski definition) is 1. The first-order chi connectivity index (χ1) is 22.9. The highest BCUT2D eigenvalue weighted by Gasteiger charge is 2.24. The molecule has 0 unspecified atom stereocenters. The van der Waals surface area contributed by atoms with Gasteiger partial charge in [-0.25, -0.2) is 0 Å². The number of carbonyl (C=O) groups is 1. The summed E-state index contributed by atoms with van der Waals surface area (Å²) in [6.45, 7) is 24.2. The van der Waals surface area contributed by atoms with Crippen molar-refractivity contribution in [2.45, 2.75) is 146 Å². The van der Waals surface area contributed by atoms with E-state index in [0.717, 1.165) is 98.5 Å². The molecule has 1 nitrogen and oxygen atoms in total. The molecule has 0 heterocycles. The van der Waals surface area contributed by atoms with E-state index in [4.69, 9.17) is 0 Å². The lowest BCUT2D eigenvalue weighted by atomic mass is 9.81. The van der Waals surface area contributed by atoms with Crippen LogP contribution in [0.4, 0.5) is 0 Å². The van der Waals surface area contributed by atoms with Crippen LogP contribution in [0.1, 0.15) is 162 Å². The zero-order valence-corrected chi connectivity index (χ0v) is 32.2. The van der Waals surface area contributed by atoms with Crippen molar-refractivity contribution in [3.63, 3.8) is 0 Å². The summed E-state index contributed by atoms with van der Waals surface area (Å²) in [5, 5.41) is 0. The van der Waals surface area contributed by atoms with Crippen LogP contribution < -0.4 is 0 Å². The minimum absolute atomic E-state index is 0.137. The summed E-state index contributed by atoms with van der Waals surface area (Å²) < 4.78 is 0. The number of allylic oxidation sites excluding steroid dienone is 17. The first kappa shape index (κ1) is 40.7. The Kier molecular flexibility index (Phi) is 18.9. The zero-order chi connectivity index (χ0) is 35.5. The molecule has 0 aromatic heterocycles. The summed E-state index contributed by atoms with van der Waals surface area (Å²) >= 11 is 0. The van der Waals surface area contributed by atoms with Crippen LogP contribution in [0.5, 0.6) is 0 Å². The van der Waals surface area contributed by atoms with Crippen molar-refractivity contribution in [2.75, 3.05) is 0 Å². The van der Waals surface area contributed by atoms with E-state index in [-0.39, 0.29) is 5.78 Å². The third kappa shape index (κ3) is 15.6. The Labute approximate surface area is 295 Å². The maximum atomic E-state index is 12.9. The van der Waals surface area contributed by atoms with E-state index in [9.17, 15) is 4.79 Å². The molecule has 1 heteroatoms. The van der Waals surface area contributed by atoms with Gasteiger partial charge >= 0.3 is 0 Å². The van der Waals surface area contributed by atoms with Gasteiger partial charge in [-0.15, -0.1) is 0 Å². The third-order valence-electron chi connectivity index (χ3n) is 9.56. The van der Waals surface area contributed by atoms with Crippen molar-refractivity contribution in [1.82, 2.24) is 0 Å². The van der Waals surface area contributed by atoms with E-state index in [1.807, 2.05) is 31.2 Å². The number of rotatable bonds is 20. The molecule has 0 amide bonds. The lowest BCUT2D eigenvalue weighted by molar-refractivity contribution is 0.103. The number of hydrogen-bond donors (Lipinski definition) is 0. The Morgan fingerprint density at radius 1 is 0.521 bits per heavy atom. The second kappa shape index (κ2) is 22.2. The fourth-order valence-corrected chi connectivity index (χ4v) is 6.16. The quantitative estimate of drug-likeness (QED) is 0.129. The van der Waals surface area contributed by atoms with Gasteiger partial charge in [-0.2, -0.15) is 0 Å². The van der Waals surface area contributed by atoms with Crippen LogP contribution in [-0.4, -0.2) is 5.78 Å². The van der Waals surface area contributed by atoms with E-state index in [0.29, 0.717) is 0 Å². The fourth-order valence-electron chi connectivity index (χ4n) is 6.16. The summed E-state index contributed by atoms with van der Waals surface area (Å²) in [6, 6.07) is 7.84. The molecule has 0 atom stereocenters. The van der Waals surface area contributed by atoms with Gasteiger partial charge in [0, 0.05) is 11.1 Å². The van der Waals surface area contributed by atoms with Crippen molar-refractivity contribution in [2.24, 2.45) is 0 Å². The molecular formula is C47H66O. The fraction of sp³-hybridized carbons (Fsp3) is 0.468. The molecule has 1 aromatic carbocycles. The SMILES string of the molecule is C=C1C(C/C=C(\C)CC/C=C(\C)CC/C=C(\C)CC/C=C(\C)CC/C=C(\C)CC/C=C(\C)CCC=C(C)C)=C(C)C(=O)c2ccccc21. The average molecular weight is 647 g/mol. The topological polar surface area (TPSA) is 17.1 Å². The lowest BCUT2D eigenvalue weighted by Crippen LogP contribution is -2.13. The van der Waals surface area contributed by atoms with Gasteiger partial charge in [0.15, 0.2) is 5.78 Å². The normalized spacial score (nSPS) is 15.4. The molecule has 0 spiro atoms. The highest BCUT2D eigenvalue weighted by atomic mass is 16.1. The molecule has 1 aliphatic rings. The van der Waals surface area contributed by atoms with Gasteiger partial charge in [0.2, 0.25) is 0 Å². The van der Waals surface area contributed by atoms with Crippen molar-refractivity contribution in [1.29, 1.82) is 0 Å². The highest BCUT2D eigenvalue weighted by molar-refractivity contribution is 6.16. The van der Waals surface area contributed by atoms with E-state index in [2.05, 4.69) is 105 Å². The van der Waals surface area contributed by atoms with E-state index in [1.54, 1.807) is 0 Å². The molecule has 0 radical (unpaired) electrons. The van der Waals surface area contributed by atoms with Crippen LogP contribution in [0.25, 0.3) is 5.57 Å². The summed E-state index contributed by atoms with van der Waals surface area (Å²) in [5.41, 5.74) is 15.0. The monoisotopic (exact) mass is 647 g/mol. The van der Waals surface area contributed by atoms with Crippen molar-refractivity contribution >= 4 is 11.4 Å². The second-order valence-electron chi connectivity index (χ2n) is 14.5. The van der Waals surface area contributed by atoms with Gasteiger partial charge in [0.05, 0.1) is 0 Å². The van der Waals surface area contributed by atoms with E-state index >= 15 is 0 Å². The van der Waals surface area contributed by atoms with Gasteiger partial charge in [-0.05, 0) is 162 Å². The Bertz CT molecular complexity index is 1480. The van der Waals surface area contributed by atoms with Crippen LogP contribution in [0.3, 0.4) is 0 Å². The van der Waals surface area contributed by atoms with Crippen molar-refractivity contribution in [3.05, 3.63) is 135 Å². The van der Waals surface area contributed by atoms with Crippen LogP contribution in [0.15, 0.2) is 124 Å². The number of fused-ring (bicyclic) bond motifs is 1. The summed E-state index contributed by atoms with van der Waals surface area (Å²) in [5.74, 6) is 0.137. The van der Waals surface area contributed by atoms with Gasteiger partial charge in [0.25, 0.3) is 0 Å². The minimum atomic E-state index is 0.137. The molecule has 0 saturated carbocycles. The molecule has 1 aliphatic carbocycles. The van der Waals surface area contributed by atoms with Gasteiger partial charge in [-0.3, -0.25) is 4.79 Å². The first-order valence-electron chi connectivity index (χ1n) is 18.5. The maximum Gasteiger partial charge on any atom is 0.189 e. The molecule has 0 N–H and O–H groups in total. The van der Waals surface area contributed by atoms with Gasteiger partial charge < -0.3 is 0 Å². The van der Waals surface area contributed by atoms with Gasteiger partial charge in [-0.1, -0.05) is 112 Å². The number of Topliss-reactive ketones (excluding diaryl/α,β-unsaturated/α-hetero) is 1. The number of ketones is 1. The Balaban J connectivity index is 1.65. The van der Waals surface area contributed by atoms with Gasteiger partial charge in [0.1, 0.15) is 0 Å². The number of carbonyl (C=O) groups excluding carboxylic acids is 1. The molecule has 0 fully saturated rings. The zero-order valence-electron chi connectivity index (χ0n) is 32.2. The minimum Gasteiger partial charge on any atom is -0.289 e. The van der Waals surface area contributed by atoms with E-state index < -0.39 is 0 Å². The third-order valence-corrected chi connectivity index (χ3v) is 9.56. The predicted octanol–water partition coefficient (Wildman–Crippen LogP) is 14.9. The molecule has 2 rings (SSSR count). The van der Waals surface area contributed by atoms with Crippen LogP contribution in [0.2, 0.25) is 0 Å². The Hall–Kier alpha value is -3.45. The standard InChI is InChI=1S/C47H66O/c1-35(2)19-13-20-36(3)21-14-22-37(4)23-15-24-38(5)25-16-26-39(6)27-17-28-40(7)29-18-30-41(8)33-34-44-42(9)45-31-11-12-32-46(45)47(48)43(44)10/h11-12,19,21,23,25,27,29,31-33H,9,13-18,20,22,24,26,28,30,34H2,1-8,10H3/b36-21+,37-23+,38-25+,39-27+,40-29+,41-33+. The lowest BCUT2D eigenvalue weighted by Gasteiger charge is -2.22. The van der Waals surface area contributed by atoms with E-state index in [1.165, 1.54) is 51.9 Å². The van der Waals surface area contributed by atoms with Crippen molar-refractivity contribution in [3.8, 4) is 0 Å². The number of benzene rings is 1. The molecule has 48 heavy (non-hydrogen) atoms. The summed E-state index contributed by atoms with van der Waals surface area (Å²) in [4.78, 5) is 12.9. The van der Waals surface area contributed by atoms with Crippen molar-refractivity contribution < 1.29 is 4.79 Å². The maximum absolute atomic E-state index is 12.9. The molecular weight excluding hydrogens is 581 g/mol. The second-order valence-corrected chi connectivity index (χ2v) is 14.5. The highest BCUT2D eigenvalue weighted by Crippen LogP contribution is 2.36. The molecule has 260 valence electrons.